The molecule has 0 saturated heterocycles. The van der Waals surface area contributed by atoms with Gasteiger partial charge >= 0.3 is 0 Å². The second kappa shape index (κ2) is 7.90. The third kappa shape index (κ3) is 3.21. The normalized spacial score (nSPS) is 11.1. The fourth-order valence-corrected chi connectivity index (χ4v) is 4.51. The summed E-state index contributed by atoms with van der Waals surface area (Å²) in [6, 6.07) is 30.9. The molecule has 0 unspecified atom stereocenters. The minimum atomic E-state index is -0.124. The van der Waals surface area contributed by atoms with E-state index in [0.717, 1.165) is 32.7 Å². The number of benzene rings is 5. The van der Waals surface area contributed by atoms with E-state index in [-0.39, 0.29) is 11.6 Å². The molecule has 0 fully saturated rings. The molecule has 154 valence electrons. The molecule has 0 saturated carbocycles. The first-order valence-electron chi connectivity index (χ1n) is 10.7. The molecule has 0 aliphatic rings. The van der Waals surface area contributed by atoms with Crippen LogP contribution in [-0.2, 0) is 0 Å². The van der Waals surface area contributed by atoms with Crippen molar-refractivity contribution >= 4 is 33.1 Å². The average molecular weight is 415 g/mol. The lowest BCUT2D eigenvalue weighted by molar-refractivity contribution is 0.100. The van der Waals surface area contributed by atoms with Gasteiger partial charge in [-0.05, 0) is 46.5 Å². The summed E-state index contributed by atoms with van der Waals surface area (Å²) in [6.45, 7) is 3.89. The van der Waals surface area contributed by atoms with Gasteiger partial charge in [0.05, 0.1) is 0 Å². The Morgan fingerprint density at radius 1 is 0.469 bits per heavy atom. The lowest BCUT2D eigenvalue weighted by Crippen LogP contribution is -2.13. The number of aryl methyl sites for hydroxylation is 2. The summed E-state index contributed by atoms with van der Waals surface area (Å²) in [5.74, 6) is -0.248. The van der Waals surface area contributed by atoms with Crippen molar-refractivity contribution in [3.05, 3.63) is 130 Å². The molecule has 32 heavy (non-hydrogen) atoms. The average Bonchev–Trinajstić information content (AvgIpc) is 2.83. The Kier molecular flexibility index (Phi) is 4.91. The predicted molar refractivity (Wildman–Crippen MR) is 131 cm³/mol. The quantitative estimate of drug-likeness (QED) is 0.295. The Morgan fingerprint density at radius 2 is 0.844 bits per heavy atom. The third-order valence-electron chi connectivity index (χ3n) is 6.15. The van der Waals surface area contributed by atoms with E-state index in [1.165, 1.54) is 0 Å². The van der Waals surface area contributed by atoms with Gasteiger partial charge in [-0.2, -0.15) is 0 Å². The van der Waals surface area contributed by atoms with E-state index in [9.17, 15) is 9.59 Å². The van der Waals surface area contributed by atoms with E-state index in [1.807, 2.05) is 98.8 Å². The van der Waals surface area contributed by atoms with Crippen LogP contribution >= 0.6 is 0 Å². The molecule has 0 aliphatic carbocycles. The number of rotatable bonds is 4. The lowest BCUT2D eigenvalue weighted by Gasteiger charge is -2.14. The molecule has 0 radical (unpaired) electrons. The maximum Gasteiger partial charge on any atom is 0.194 e. The van der Waals surface area contributed by atoms with Gasteiger partial charge in [-0.15, -0.1) is 0 Å². The van der Waals surface area contributed by atoms with Crippen LogP contribution in [0.1, 0.15) is 43.0 Å². The van der Waals surface area contributed by atoms with E-state index in [4.69, 9.17) is 0 Å². The highest BCUT2D eigenvalue weighted by Crippen LogP contribution is 2.29. The van der Waals surface area contributed by atoms with Crippen molar-refractivity contribution in [3.8, 4) is 0 Å². The van der Waals surface area contributed by atoms with Crippen molar-refractivity contribution in [1.82, 2.24) is 0 Å². The van der Waals surface area contributed by atoms with Gasteiger partial charge in [0, 0.05) is 22.3 Å². The Balaban J connectivity index is 1.71. The Hall–Kier alpha value is -4.04. The van der Waals surface area contributed by atoms with Crippen molar-refractivity contribution in [2.45, 2.75) is 13.8 Å². The van der Waals surface area contributed by atoms with Gasteiger partial charge in [0.2, 0.25) is 0 Å². The zero-order valence-electron chi connectivity index (χ0n) is 18.1. The van der Waals surface area contributed by atoms with Gasteiger partial charge in [0.1, 0.15) is 0 Å². The fraction of sp³-hybridized carbons (Fsp3) is 0.0667. The molecule has 0 amide bonds. The van der Waals surface area contributed by atoms with Gasteiger partial charge in [-0.25, -0.2) is 0 Å². The zero-order chi connectivity index (χ0) is 22.2. The third-order valence-corrected chi connectivity index (χ3v) is 6.15. The van der Waals surface area contributed by atoms with Crippen molar-refractivity contribution in [1.29, 1.82) is 0 Å². The smallest absolute Gasteiger partial charge is 0.194 e. The summed E-state index contributed by atoms with van der Waals surface area (Å²) in [5.41, 5.74) is 3.97. The molecule has 0 aromatic heterocycles. The number of hydrogen-bond acceptors (Lipinski definition) is 2. The van der Waals surface area contributed by atoms with Crippen molar-refractivity contribution < 1.29 is 9.59 Å². The van der Waals surface area contributed by atoms with Crippen LogP contribution in [-0.4, -0.2) is 11.6 Å². The first-order valence-corrected chi connectivity index (χ1v) is 10.7. The van der Waals surface area contributed by atoms with E-state index in [0.29, 0.717) is 22.3 Å². The van der Waals surface area contributed by atoms with Crippen molar-refractivity contribution in [3.63, 3.8) is 0 Å². The largest absolute Gasteiger partial charge is 0.289 e. The molecule has 0 aliphatic heterocycles. The van der Waals surface area contributed by atoms with Crippen LogP contribution in [0, 0.1) is 13.8 Å². The predicted octanol–water partition coefficient (Wildman–Crippen LogP) is 7.07. The summed E-state index contributed by atoms with van der Waals surface area (Å²) in [5, 5.41) is 3.83. The molecule has 5 aromatic rings. The van der Waals surface area contributed by atoms with Gasteiger partial charge in [-0.1, -0.05) is 97.1 Å². The standard InChI is InChI=1S/C30H22O2/c1-19-15-17-21-9-3-5-11-23(21)27(19)29(31)25-13-7-8-14-26(25)30(32)28-20(2)16-18-22-10-4-6-12-24(22)28/h3-18H,1-2H3. The highest BCUT2D eigenvalue weighted by atomic mass is 16.1. The number of fused-ring (bicyclic) bond motifs is 2. The Morgan fingerprint density at radius 3 is 1.28 bits per heavy atom. The maximum absolute atomic E-state index is 13.8. The summed E-state index contributed by atoms with van der Waals surface area (Å²) in [4.78, 5) is 27.7. The highest BCUT2D eigenvalue weighted by molar-refractivity contribution is 6.25. The number of hydrogen-bond donors (Lipinski definition) is 0. The molecule has 2 heteroatoms. The van der Waals surface area contributed by atoms with E-state index >= 15 is 0 Å². The molecular formula is C30H22O2. The number of ketones is 2. The lowest BCUT2D eigenvalue weighted by atomic mass is 9.87. The van der Waals surface area contributed by atoms with Crippen LogP contribution in [0.3, 0.4) is 0 Å². The first kappa shape index (κ1) is 19.9. The second-order valence-corrected chi connectivity index (χ2v) is 8.16. The minimum Gasteiger partial charge on any atom is -0.289 e. The van der Waals surface area contributed by atoms with Crippen LogP contribution in [0.4, 0.5) is 0 Å². The van der Waals surface area contributed by atoms with Crippen LogP contribution in [0.25, 0.3) is 21.5 Å². The van der Waals surface area contributed by atoms with E-state index < -0.39 is 0 Å². The van der Waals surface area contributed by atoms with Gasteiger partial charge < -0.3 is 0 Å². The Labute approximate surface area is 187 Å². The monoisotopic (exact) mass is 414 g/mol. The van der Waals surface area contributed by atoms with Gasteiger partial charge in [0.25, 0.3) is 0 Å². The second-order valence-electron chi connectivity index (χ2n) is 8.16. The van der Waals surface area contributed by atoms with Crippen molar-refractivity contribution in [2.24, 2.45) is 0 Å². The van der Waals surface area contributed by atoms with Gasteiger partial charge in [0.15, 0.2) is 11.6 Å². The fourth-order valence-electron chi connectivity index (χ4n) is 4.51. The summed E-state index contributed by atoms with van der Waals surface area (Å²) >= 11 is 0. The molecule has 2 nitrogen and oxygen atoms in total. The van der Waals surface area contributed by atoms with Gasteiger partial charge in [-0.3, -0.25) is 9.59 Å². The maximum atomic E-state index is 13.8. The van der Waals surface area contributed by atoms with E-state index in [2.05, 4.69) is 0 Å². The molecule has 0 spiro atoms. The first-order chi connectivity index (χ1) is 15.6. The molecule has 5 aromatic carbocycles. The minimum absolute atomic E-state index is 0.124. The topological polar surface area (TPSA) is 34.1 Å². The summed E-state index contributed by atoms with van der Waals surface area (Å²) in [6.07, 6.45) is 0. The number of carbonyl (C=O) groups excluding carboxylic acids is 2. The zero-order valence-corrected chi connectivity index (χ0v) is 18.1. The van der Waals surface area contributed by atoms with E-state index in [1.54, 1.807) is 12.1 Å². The van der Waals surface area contributed by atoms with Crippen LogP contribution in [0.15, 0.2) is 97.1 Å². The van der Waals surface area contributed by atoms with Crippen molar-refractivity contribution in [2.75, 3.05) is 0 Å². The van der Waals surface area contributed by atoms with Crippen LogP contribution in [0.2, 0.25) is 0 Å². The molecule has 0 heterocycles. The van der Waals surface area contributed by atoms with Crippen LogP contribution < -0.4 is 0 Å². The number of carbonyl (C=O) groups is 2. The SMILES string of the molecule is Cc1ccc2ccccc2c1C(=O)c1ccccc1C(=O)c1c(C)ccc2ccccc12. The molecular weight excluding hydrogens is 392 g/mol. The molecule has 0 N–H and O–H groups in total. The van der Waals surface area contributed by atoms with Crippen LogP contribution in [0.5, 0.6) is 0 Å². The summed E-state index contributed by atoms with van der Waals surface area (Å²) in [7, 11) is 0. The molecule has 0 atom stereocenters. The molecule has 0 bridgehead atoms. The molecule has 5 rings (SSSR count). The highest BCUT2D eigenvalue weighted by Gasteiger charge is 2.23. The summed E-state index contributed by atoms with van der Waals surface area (Å²) < 4.78 is 0. The Bertz CT molecular complexity index is 1410.